The first kappa shape index (κ1) is 15.3. The highest BCUT2D eigenvalue weighted by atomic mass is 16.4. The SMILES string of the molecule is C=C(C)CCc1c(CCC(=C)C)c2ccccc2oc1=O. The highest BCUT2D eigenvalue weighted by molar-refractivity contribution is 5.81. The summed E-state index contributed by atoms with van der Waals surface area (Å²) in [4.78, 5) is 12.3. The second-order valence-corrected chi connectivity index (χ2v) is 5.76. The van der Waals surface area contributed by atoms with E-state index in [1.165, 1.54) is 0 Å². The highest BCUT2D eigenvalue weighted by Crippen LogP contribution is 2.23. The fourth-order valence-electron chi connectivity index (χ4n) is 2.47. The maximum atomic E-state index is 12.3. The summed E-state index contributed by atoms with van der Waals surface area (Å²) in [6.45, 7) is 11.9. The number of benzene rings is 1. The predicted octanol–water partition coefficient (Wildman–Crippen LogP) is 4.81. The number of hydrogen-bond acceptors (Lipinski definition) is 2. The van der Waals surface area contributed by atoms with Gasteiger partial charge in [-0.25, -0.2) is 4.79 Å². The molecule has 0 atom stereocenters. The van der Waals surface area contributed by atoms with Gasteiger partial charge in [0.15, 0.2) is 0 Å². The summed E-state index contributed by atoms with van der Waals surface area (Å²) in [5, 5.41) is 1.04. The molecule has 0 saturated carbocycles. The monoisotopic (exact) mass is 282 g/mol. The molecule has 2 rings (SSSR count). The number of para-hydroxylation sites is 1. The van der Waals surface area contributed by atoms with E-state index in [9.17, 15) is 4.79 Å². The van der Waals surface area contributed by atoms with Crippen molar-refractivity contribution < 1.29 is 4.42 Å². The third kappa shape index (κ3) is 3.72. The lowest BCUT2D eigenvalue weighted by atomic mass is 9.95. The van der Waals surface area contributed by atoms with Gasteiger partial charge in [-0.15, -0.1) is 13.2 Å². The summed E-state index contributed by atoms with van der Waals surface area (Å²) in [5.41, 5.74) is 4.54. The van der Waals surface area contributed by atoms with Crippen molar-refractivity contribution in [2.45, 2.75) is 39.5 Å². The molecule has 1 aromatic carbocycles. The van der Waals surface area contributed by atoms with E-state index >= 15 is 0 Å². The van der Waals surface area contributed by atoms with Crippen molar-refractivity contribution in [1.29, 1.82) is 0 Å². The van der Waals surface area contributed by atoms with E-state index in [-0.39, 0.29) is 5.63 Å². The van der Waals surface area contributed by atoms with Crippen molar-refractivity contribution in [1.82, 2.24) is 0 Å². The maximum Gasteiger partial charge on any atom is 0.339 e. The zero-order chi connectivity index (χ0) is 15.4. The summed E-state index contributed by atoms with van der Waals surface area (Å²) in [7, 11) is 0. The van der Waals surface area contributed by atoms with Crippen molar-refractivity contribution in [3.05, 3.63) is 70.1 Å². The van der Waals surface area contributed by atoms with Gasteiger partial charge in [0, 0.05) is 10.9 Å². The largest absolute Gasteiger partial charge is 0.423 e. The third-order valence-electron chi connectivity index (χ3n) is 3.63. The number of aryl methyl sites for hydroxylation is 1. The molecule has 0 fully saturated rings. The summed E-state index contributed by atoms with van der Waals surface area (Å²) in [6.07, 6.45) is 3.21. The molecular formula is C19H22O2. The lowest BCUT2D eigenvalue weighted by Crippen LogP contribution is -2.12. The Morgan fingerprint density at radius 3 is 2.19 bits per heavy atom. The van der Waals surface area contributed by atoms with E-state index in [2.05, 4.69) is 13.2 Å². The second kappa shape index (κ2) is 6.57. The van der Waals surface area contributed by atoms with Gasteiger partial charge in [0.2, 0.25) is 0 Å². The standard InChI is InChI=1S/C19H22O2/c1-13(2)9-11-15-16-7-5-6-8-18(16)21-19(20)17(15)12-10-14(3)4/h5-8H,1,3,9-12H2,2,4H3. The van der Waals surface area contributed by atoms with Gasteiger partial charge in [0.1, 0.15) is 5.58 Å². The fraction of sp³-hybridized carbons (Fsp3) is 0.316. The molecular weight excluding hydrogens is 260 g/mol. The summed E-state index contributed by atoms with van der Waals surface area (Å²) >= 11 is 0. The average Bonchev–Trinajstić information content (AvgIpc) is 2.42. The summed E-state index contributed by atoms with van der Waals surface area (Å²) < 4.78 is 5.46. The number of fused-ring (bicyclic) bond motifs is 1. The van der Waals surface area contributed by atoms with Gasteiger partial charge < -0.3 is 4.42 Å². The van der Waals surface area contributed by atoms with Crippen LogP contribution in [-0.4, -0.2) is 0 Å². The molecule has 1 aromatic heterocycles. The average molecular weight is 282 g/mol. The molecule has 0 N–H and O–H groups in total. The van der Waals surface area contributed by atoms with Gasteiger partial charge in [-0.2, -0.15) is 0 Å². The summed E-state index contributed by atoms with van der Waals surface area (Å²) in [6, 6.07) is 7.75. The Morgan fingerprint density at radius 2 is 1.57 bits per heavy atom. The van der Waals surface area contributed by atoms with Crippen LogP contribution in [0, 0.1) is 0 Å². The Morgan fingerprint density at radius 1 is 1.00 bits per heavy atom. The molecule has 0 saturated heterocycles. The third-order valence-corrected chi connectivity index (χ3v) is 3.63. The lowest BCUT2D eigenvalue weighted by Gasteiger charge is -2.11. The van der Waals surface area contributed by atoms with Gasteiger partial charge in [0.05, 0.1) is 0 Å². The van der Waals surface area contributed by atoms with Crippen molar-refractivity contribution >= 4 is 11.0 Å². The minimum atomic E-state index is -0.216. The topological polar surface area (TPSA) is 30.2 Å². The molecule has 2 heteroatoms. The van der Waals surface area contributed by atoms with Crippen LogP contribution in [0.25, 0.3) is 11.0 Å². The van der Waals surface area contributed by atoms with E-state index < -0.39 is 0 Å². The van der Waals surface area contributed by atoms with E-state index in [1.807, 2.05) is 38.1 Å². The highest BCUT2D eigenvalue weighted by Gasteiger charge is 2.14. The van der Waals surface area contributed by atoms with Crippen LogP contribution in [0.5, 0.6) is 0 Å². The van der Waals surface area contributed by atoms with Crippen LogP contribution in [0.2, 0.25) is 0 Å². The molecule has 0 spiro atoms. The zero-order valence-corrected chi connectivity index (χ0v) is 12.9. The zero-order valence-electron chi connectivity index (χ0n) is 12.9. The van der Waals surface area contributed by atoms with Gasteiger partial charge in [-0.3, -0.25) is 0 Å². The Labute approximate surface area is 125 Å². The van der Waals surface area contributed by atoms with E-state index in [4.69, 9.17) is 4.42 Å². The first-order valence-corrected chi connectivity index (χ1v) is 7.31. The van der Waals surface area contributed by atoms with Crippen LogP contribution in [0.3, 0.4) is 0 Å². The Hall–Kier alpha value is -2.09. The molecule has 2 aromatic rings. The van der Waals surface area contributed by atoms with Crippen LogP contribution in [0.4, 0.5) is 0 Å². The van der Waals surface area contributed by atoms with Gasteiger partial charge in [-0.05, 0) is 51.2 Å². The molecule has 0 aliphatic rings. The Kier molecular flexibility index (Phi) is 4.79. The van der Waals surface area contributed by atoms with Crippen LogP contribution in [-0.2, 0) is 12.8 Å². The first-order valence-electron chi connectivity index (χ1n) is 7.31. The van der Waals surface area contributed by atoms with Crippen molar-refractivity contribution in [2.75, 3.05) is 0 Å². The van der Waals surface area contributed by atoms with Crippen molar-refractivity contribution in [3.63, 3.8) is 0 Å². The first-order chi connectivity index (χ1) is 9.99. The molecule has 1 heterocycles. The predicted molar refractivity (Wildman–Crippen MR) is 88.8 cm³/mol. The van der Waals surface area contributed by atoms with E-state index in [0.29, 0.717) is 12.0 Å². The quantitative estimate of drug-likeness (QED) is 0.562. The normalized spacial score (nSPS) is 10.8. The van der Waals surface area contributed by atoms with Gasteiger partial charge >= 0.3 is 5.63 Å². The maximum absolute atomic E-state index is 12.3. The molecule has 0 aliphatic heterocycles. The lowest BCUT2D eigenvalue weighted by molar-refractivity contribution is 0.546. The second-order valence-electron chi connectivity index (χ2n) is 5.76. The smallest absolute Gasteiger partial charge is 0.339 e. The molecule has 0 unspecified atom stereocenters. The minimum Gasteiger partial charge on any atom is -0.423 e. The molecule has 0 bridgehead atoms. The molecule has 110 valence electrons. The number of allylic oxidation sites excluding steroid dienone is 2. The molecule has 2 nitrogen and oxygen atoms in total. The number of hydrogen-bond donors (Lipinski definition) is 0. The van der Waals surface area contributed by atoms with Crippen LogP contribution < -0.4 is 5.63 Å². The van der Waals surface area contributed by atoms with Crippen LogP contribution >= 0.6 is 0 Å². The molecule has 0 amide bonds. The van der Waals surface area contributed by atoms with E-state index in [1.54, 1.807) is 0 Å². The van der Waals surface area contributed by atoms with E-state index in [0.717, 1.165) is 46.9 Å². The Bertz CT molecular complexity index is 735. The van der Waals surface area contributed by atoms with Crippen molar-refractivity contribution in [3.8, 4) is 0 Å². The molecule has 21 heavy (non-hydrogen) atoms. The Balaban J connectivity index is 2.54. The summed E-state index contributed by atoms with van der Waals surface area (Å²) in [5.74, 6) is 0. The number of rotatable bonds is 6. The minimum absolute atomic E-state index is 0.216. The van der Waals surface area contributed by atoms with Gasteiger partial charge in [-0.1, -0.05) is 29.3 Å². The van der Waals surface area contributed by atoms with Crippen molar-refractivity contribution in [2.24, 2.45) is 0 Å². The van der Waals surface area contributed by atoms with Gasteiger partial charge in [0.25, 0.3) is 0 Å². The van der Waals surface area contributed by atoms with Crippen LogP contribution in [0.1, 0.15) is 37.8 Å². The molecule has 0 radical (unpaired) electrons. The molecule has 0 aliphatic carbocycles. The van der Waals surface area contributed by atoms with Crippen LogP contribution in [0.15, 0.2) is 57.8 Å². The fourth-order valence-corrected chi connectivity index (χ4v) is 2.47.